The van der Waals surface area contributed by atoms with E-state index in [0.29, 0.717) is 0 Å². The number of hydrogen-bond donors (Lipinski definition) is 0. The van der Waals surface area contributed by atoms with Crippen LogP contribution in [0.5, 0.6) is 11.5 Å². The maximum atomic E-state index is 7.11. The SMILES string of the molecule is CC(C)(C)c1ccc2c(O[Si](C)(C)C(C)(C)C)c3ccccc3c(O[Si](C)(C)C(C)(C)C)c2c1. The second kappa shape index (κ2) is 8.41. The maximum Gasteiger partial charge on any atom is 0.250 e. The molecule has 0 aliphatic heterocycles. The van der Waals surface area contributed by atoms with Crippen molar-refractivity contribution in [2.24, 2.45) is 0 Å². The number of benzene rings is 3. The van der Waals surface area contributed by atoms with Gasteiger partial charge in [0.05, 0.1) is 0 Å². The van der Waals surface area contributed by atoms with Crippen molar-refractivity contribution in [3.05, 3.63) is 48.0 Å². The van der Waals surface area contributed by atoms with Gasteiger partial charge in [-0.05, 0) is 53.3 Å². The van der Waals surface area contributed by atoms with Crippen molar-refractivity contribution < 1.29 is 8.85 Å². The zero-order valence-electron chi connectivity index (χ0n) is 23.9. The van der Waals surface area contributed by atoms with Crippen molar-refractivity contribution in [3.8, 4) is 11.5 Å². The standard InChI is InChI=1S/C30H46O2Si2/c1-28(2,3)21-18-19-24-25(20-21)27(32-34(12,13)30(7,8)9)23-17-15-14-16-22(23)26(24)31-33(10,11)29(4,5)6/h14-20H,1-13H3. The van der Waals surface area contributed by atoms with E-state index in [0.717, 1.165) is 27.7 Å². The molecule has 3 aromatic rings. The van der Waals surface area contributed by atoms with E-state index in [1.54, 1.807) is 0 Å². The van der Waals surface area contributed by atoms with Gasteiger partial charge in [-0.3, -0.25) is 0 Å². The van der Waals surface area contributed by atoms with Crippen LogP contribution < -0.4 is 8.85 Å². The molecule has 3 rings (SSSR count). The summed E-state index contributed by atoms with van der Waals surface area (Å²) in [6.45, 7) is 30.0. The van der Waals surface area contributed by atoms with Crippen LogP contribution >= 0.6 is 0 Å². The molecule has 0 bridgehead atoms. The molecule has 0 saturated carbocycles. The molecule has 0 fully saturated rings. The molecule has 0 aliphatic rings. The average molecular weight is 495 g/mol. The molecule has 0 amide bonds. The highest BCUT2D eigenvalue weighted by Crippen LogP contribution is 2.49. The van der Waals surface area contributed by atoms with Crippen LogP contribution in [0.25, 0.3) is 21.5 Å². The summed E-state index contributed by atoms with van der Waals surface area (Å²) in [4.78, 5) is 0. The third-order valence-corrected chi connectivity index (χ3v) is 16.8. The molecule has 3 aromatic carbocycles. The van der Waals surface area contributed by atoms with Crippen LogP contribution in [0.2, 0.25) is 36.3 Å². The van der Waals surface area contributed by atoms with Crippen molar-refractivity contribution >= 4 is 38.2 Å². The van der Waals surface area contributed by atoms with Crippen molar-refractivity contribution in [2.75, 3.05) is 0 Å². The summed E-state index contributed by atoms with van der Waals surface area (Å²) < 4.78 is 14.2. The fourth-order valence-electron chi connectivity index (χ4n) is 3.60. The Hall–Kier alpha value is -1.79. The van der Waals surface area contributed by atoms with E-state index >= 15 is 0 Å². The molecule has 0 saturated heterocycles. The Morgan fingerprint density at radius 3 is 1.29 bits per heavy atom. The van der Waals surface area contributed by atoms with E-state index in [-0.39, 0.29) is 15.5 Å². The van der Waals surface area contributed by atoms with Crippen molar-refractivity contribution in [1.29, 1.82) is 0 Å². The van der Waals surface area contributed by atoms with E-state index in [1.165, 1.54) is 10.9 Å². The Labute approximate surface area is 210 Å². The van der Waals surface area contributed by atoms with Crippen molar-refractivity contribution in [2.45, 2.75) is 104 Å². The van der Waals surface area contributed by atoms with Gasteiger partial charge in [0.15, 0.2) is 0 Å². The van der Waals surface area contributed by atoms with Gasteiger partial charge in [0.25, 0.3) is 16.6 Å². The number of rotatable bonds is 4. The summed E-state index contributed by atoms with van der Waals surface area (Å²) in [7, 11) is -4.13. The molecule has 0 spiro atoms. The van der Waals surface area contributed by atoms with Gasteiger partial charge in [0, 0.05) is 21.5 Å². The van der Waals surface area contributed by atoms with Crippen LogP contribution in [0.4, 0.5) is 0 Å². The molecule has 0 aliphatic carbocycles. The first kappa shape index (κ1) is 26.8. The normalized spacial score (nSPS) is 14.0. The van der Waals surface area contributed by atoms with E-state index < -0.39 is 16.6 Å². The van der Waals surface area contributed by atoms with Crippen LogP contribution in [0, 0.1) is 0 Å². The smallest absolute Gasteiger partial charge is 0.250 e. The Bertz CT molecular complexity index is 1200. The minimum absolute atomic E-state index is 0.0501. The monoisotopic (exact) mass is 494 g/mol. The maximum absolute atomic E-state index is 7.11. The van der Waals surface area contributed by atoms with Crippen molar-refractivity contribution in [3.63, 3.8) is 0 Å². The van der Waals surface area contributed by atoms with Gasteiger partial charge >= 0.3 is 0 Å². The van der Waals surface area contributed by atoms with Crippen molar-refractivity contribution in [1.82, 2.24) is 0 Å². The Balaban J connectivity index is 2.45. The minimum atomic E-state index is -2.07. The van der Waals surface area contributed by atoms with Gasteiger partial charge in [-0.25, -0.2) is 0 Å². The van der Waals surface area contributed by atoms with Gasteiger partial charge in [-0.15, -0.1) is 0 Å². The van der Waals surface area contributed by atoms with Crippen LogP contribution in [0.1, 0.15) is 67.9 Å². The number of fused-ring (bicyclic) bond motifs is 2. The molecule has 186 valence electrons. The number of hydrogen-bond acceptors (Lipinski definition) is 2. The first-order chi connectivity index (χ1) is 15.3. The lowest BCUT2D eigenvalue weighted by Crippen LogP contribution is -2.44. The average Bonchev–Trinajstić information content (AvgIpc) is 2.67. The summed E-state index contributed by atoms with van der Waals surface area (Å²) in [6.07, 6.45) is 0. The molecule has 0 N–H and O–H groups in total. The third-order valence-electron chi connectivity index (χ3n) is 8.12. The Morgan fingerprint density at radius 1 is 0.529 bits per heavy atom. The van der Waals surface area contributed by atoms with Crippen LogP contribution in [0.15, 0.2) is 42.5 Å². The molecule has 0 aromatic heterocycles. The van der Waals surface area contributed by atoms with Crippen LogP contribution in [-0.2, 0) is 5.41 Å². The molecule has 0 radical (unpaired) electrons. The molecular formula is C30H46O2Si2. The topological polar surface area (TPSA) is 18.5 Å². The lowest BCUT2D eigenvalue weighted by atomic mass is 9.85. The lowest BCUT2D eigenvalue weighted by Gasteiger charge is -2.39. The second-order valence-corrected chi connectivity index (χ2v) is 23.4. The molecule has 0 heterocycles. The Morgan fingerprint density at radius 2 is 0.912 bits per heavy atom. The molecule has 2 nitrogen and oxygen atoms in total. The fraction of sp³-hybridized carbons (Fsp3) is 0.533. The largest absolute Gasteiger partial charge is 0.543 e. The van der Waals surface area contributed by atoms with Gasteiger partial charge in [0.2, 0.25) is 0 Å². The predicted molar refractivity (Wildman–Crippen MR) is 156 cm³/mol. The van der Waals surface area contributed by atoms with E-state index in [2.05, 4.69) is 131 Å². The summed E-state index contributed by atoms with van der Waals surface area (Å²) in [5.41, 5.74) is 1.36. The van der Waals surface area contributed by atoms with Gasteiger partial charge in [-0.2, -0.15) is 0 Å². The van der Waals surface area contributed by atoms with E-state index in [1.807, 2.05) is 0 Å². The highest BCUT2D eigenvalue weighted by atomic mass is 28.4. The lowest BCUT2D eigenvalue weighted by molar-refractivity contribution is 0.494. The highest BCUT2D eigenvalue weighted by Gasteiger charge is 2.41. The van der Waals surface area contributed by atoms with Crippen LogP contribution in [-0.4, -0.2) is 16.6 Å². The molecule has 0 unspecified atom stereocenters. The third kappa shape index (κ3) is 4.94. The van der Waals surface area contributed by atoms with Gasteiger partial charge in [0.1, 0.15) is 11.5 Å². The summed E-state index contributed by atoms with van der Waals surface area (Å²) in [6, 6.07) is 15.5. The quantitative estimate of drug-likeness (QED) is 0.265. The molecule has 0 atom stereocenters. The minimum Gasteiger partial charge on any atom is -0.543 e. The van der Waals surface area contributed by atoms with E-state index in [9.17, 15) is 0 Å². The molecular weight excluding hydrogens is 449 g/mol. The van der Waals surface area contributed by atoms with Crippen LogP contribution in [0.3, 0.4) is 0 Å². The molecule has 4 heteroatoms. The second-order valence-electron chi connectivity index (χ2n) is 13.9. The fourth-order valence-corrected chi connectivity index (χ4v) is 5.68. The summed E-state index contributed by atoms with van der Waals surface area (Å²) >= 11 is 0. The predicted octanol–water partition coefficient (Wildman–Crippen LogP) is 10.1. The van der Waals surface area contributed by atoms with E-state index in [4.69, 9.17) is 8.85 Å². The Kier molecular flexibility index (Phi) is 6.63. The molecule has 34 heavy (non-hydrogen) atoms. The first-order valence-electron chi connectivity index (χ1n) is 12.6. The summed E-state index contributed by atoms with van der Waals surface area (Å²) in [5.74, 6) is 2.03. The zero-order valence-corrected chi connectivity index (χ0v) is 25.9. The zero-order chi connectivity index (χ0) is 25.9. The summed E-state index contributed by atoms with van der Waals surface area (Å²) in [5, 5.41) is 4.85. The van der Waals surface area contributed by atoms with Gasteiger partial charge < -0.3 is 8.85 Å². The van der Waals surface area contributed by atoms with Gasteiger partial charge in [-0.1, -0.05) is 98.7 Å². The first-order valence-corrected chi connectivity index (χ1v) is 18.4. The highest BCUT2D eigenvalue weighted by molar-refractivity contribution is 6.75.